The maximum atomic E-state index is 13.3. The van der Waals surface area contributed by atoms with Gasteiger partial charge in [0.2, 0.25) is 5.95 Å². The summed E-state index contributed by atoms with van der Waals surface area (Å²) in [7, 11) is -4.10. The van der Waals surface area contributed by atoms with E-state index in [4.69, 9.17) is 24.5 Å². The van der Waals surface area contributed by atoms with E-state index in [1.165, 1.54) is 17.8 Å². The van der Waals surface area contributed by atoms with Gasteiger partial charge >= 0.3 is 19.6 Å². The highest BCUT2D eigenvalue weighted by Gasteiger charge is 2.54. The Hall–Kier alpha value is -2.92. The minimum Gasteiger partial charge on any atom is -0.465 e. The zero-order valence-corrected chi connectivity index (χ0v) is 21.3. The number of carbonyl (C=O) groups is 2. The summed E-state index contributed by atoms with van der Waals surface area (Å²) in [6.07, 6.45) is -2.93. The van der Waals surface area contributed by atoms with E-state index < -0.39 is 68.9 Å². The molecule has 7 N–H and O–H groups in total. The van der Waals surface area contributed by atoms with E-state index in [0.29, 0.717) is 0 Å². The van der Waals surface area contributed by atoms with Gasteiger partial charge in [-0.3, -0.25) is 28.5 Å². The number of aliphatic hydroxyl groups excluding tert-OH is 1. The number of imidazole rings is 1. The van der Waals surface area contributed by atoms with Crippen LogP contribution in [-0.2, 0) is 32.9 Å². The second-order valence-electron chi connectivity index (χ2n) is 8.10. The fraction of sp³-hybridized carbons (Fsp3) is 0.632. The van der Waals surface area contributed by atoms with Gasteiger partial charge in [-0.2, -0.15) is 4.98 Å². The molecular formula is C19H30N7O10P. The summed E-state index contributed by atoms with van der Waals surface area (Å²) in [5.41, 5.74) is 2.99. The van der Waals surface area contributed by atoms with E-state index in [1.807, 2.05) is 0 Å². The number of H-pyrrole nitrogens is 1. The number of aromatic amines is 1. The number of aromatic nitrogens is 4. The van der Waals surface area contributed by atoms with Crippen molar-refractivity contribution in [2.45, 2.75) is 44.8 Å². The number of nitrogen functional groups attached to an aromatic ring is 1. The lowest BCUT2D eigenvalue weighted by Gasteiger charge is -2.27. The van der Waals surface area contributed by atoms with Gasteiger partial charge in [-0.25, -0.2) is 15.2 Å². The zero-order valence-electron chi connectivity index (χ0n) is 20.4. The maximum absolute atomic E-state index is 13.3. The molecule has 0 aliphatic carbocycles. The van der Waals surface area contributed by atoms with E-state index in [9.17, 15) is 29.2 Å². The number of fused-ring (bicyclic) bond motifs is 1. The molecule has 37 heavy (non-hydrogen) atoms. The van der Waals surface area contributed by atoms with Gasteiger partial charge in [0.1, 0.15) is 30.9 Å². The molecule has 18 heteroatoms. The maximum Gasteiger partial charge on any atom is 0.341 e. The van der Waals surface area contributed by atoms with Crippen LogP contribution in [0.25, 0.3) is 11.2 Å². The summed E-state index contributed by atoms with van der Waals surface area (Å²) in [4.78, 5) is 45.8. The Balaban J connectivity index is 1.77. The number of nitrogens with zero attached hydrogens (tertiary/aromatic N) is 3. The van der Waals surface area contributed by atoms with Crippen LogP contribution in [0.1, 0.15) is 27.0 Å². The van der Waals surface area contributed by atoms with Crippen molar-refractivity contribution < 1.29 is 43.1 Å². The third-order valence-corrected chi connectivity index (χ3v) is 7.01. The average Bonchev–Trinajstić information content (AvgIpc) is 3.34. The van der Waals surface area contributed by atoms with Gasteiger partial charge < -0.3 is 34.7 Å². The molecule has 4 atom stereocenters. The number of ether oxygens (including phenoxy) is 3. The zero-order chi connectivity index (χ0) is 27.4. The molecule has 3 rings (SSSR count). The van der Waals surface area contributed by atoms with Gasteiger partial charge in [-0.1, -0.05) is 0 Å². The lowest BCUT2D eigenvalue weighted by Crippen LogP contribution is -2.44. The third-order valence-electron chi connectivity index (χ3n) is 5.35. The van der Waals surface area contributed by atoms with Crippen molar-refractivity contribution in [3.63, 3.8) is 0 Å². The van der Waals surface area contributed by atoms with Crippen molar-refractivity contribution in [2.75, 3.05) is 38.6 Å². The molecular weight excluding hydrogens is 517 g/mol. The predicted molar refractivity (Wildman–Crippen MR) is 126 cm³/mol. The molecule has 0 bridgehead atoms. The van der Waals surface area contributed by atoms with Gasteiger partial charge in [-0.05, 0) is 20.8 Å². The second kappa shape index (κ2) is 11.6. The van der Waals surface area contributed by atoms with E-state index in [2.05, 4.69) is 25.1 Å². The summed E-state index contributed by atoms with van der Waals surface area (Å²) in [5.74, 6) is -1.64. The molecule has 3 heterocycles. The number of carbonyl (C=O) groups excluding carboxylic acids is 2. The molecule has 1 saturated heterocycles. The molecule has 1 fully saturated rings. The van der Waals surface area contributed by atoms with Crippen LogP contribution in [0.5, 0.6) is 0 Å². The van der Waals surface area contributed by atoms with Crippen LogP contribution < -0.4 is 21.5 Å². The number of esters is 2. The molecule has 2 aromatic heterocycles. The van der Waals surface area contributed by atoms with Crippen LogP contribution in [0.3, 0.4) is 0 Å². The van der Waals surface area contributed by atoms with E-state index in [-0.39, 0.29) is 30.3 Å². The number of hydrogen-bond donors (Lipinski definition) is 6. The van der Waals surface area contributed by atoms with Gasteiger partial charge in [0.15, 0.2) is 17.4 Å². The second-order valence-corrected chi connectivity index (χ2v) is 10.1. The number of anilines is 1. The fourth-order valence-corrected chi connectivity index (χ4v) is 4.91. The van der Waals surface area contributed by atoms with Crippen LogP contribution in [0, 0.1) is 0 Å². The standard InChI is InChI=1S/C19H30N7O10P/c1-4-33-11(27)6-22-37(32,23-7-12(28)34-5-2)35-8-10-14(29)19(3,31)17(36-10)26-9-21-13-15(26)24-18(20)25-16(13)30/h9-10,14,17,29,31H,4-8H2,1-3H3,(H2,22,23,32)(H3,20,24,25,30)/t10-,14?,17-,19+/m1/s1. The first-order chi connectivity index (χ1) is 17.4. The molecule has 206 valence electrons. The Morgan fingerprint density at radius 3 is 2.43 bits per heavy atom. The number of rotatable bonds is 12. The van der Waals surface area contributed by atoms with Crippen LogP contribution in [0.15, 0.2) is 11.1 Å². The summed E-state index contributed by atoms with van der Waals surface area (Å²) in [6, 6.07) is 0. The van der Waals surface area contributed by atoms with Crippen LogP contribution in [-0.4, -0.2) is 92.4 Å². The van der Waals surface area contributed by atoms with E-state index >= 15 is 0 Å². The number of nitrogens with two attached hydrogens (primary N) is 1. The van der Waals surface area contributed by atoms with Gasteiger partial charge in [-0.15, -0.1) is 0 Å². The first kappa shape index (κ1) is 28.6. The lowest BCUT2D eigenvalue weighted by atomic mass is 9.96. The highest BCUT2D eigenvalue weighted by atomic mass is 31.2. The topological polar surface area (TPSA) is 242 Å². The lowest BCUT2D eigenvalue weighted by molar-refractivity contribution is -0.142. The minimum atomic E-state index is -4.10. The normalized spacial score (nSPS) is 23.9. The predicted octanol–water partition coefficient (Wildman–Crippen LogP) is -1.86. The van der Waals surface area contributed by atoms with Crippen LogP contribution in [0.4, 0.5) is 5.95 Å². The number of nitrogens with one attached hydrogen (secondary N) is 3. The largest absolute Gasteiger partial charge is 0.465 e. The Morgan fingerprint density at radius 1 is 1.27 bits per heavy atom. The van der Waals surface area contributed by atoms with E-state index in [0.717, 1.165) is 0 Å². The SMILES string of the molecule is CCOC(=O)CNP(=O)(NCC(=O)OCC)OC[C@H]1O[C@@H](n2cnc3c(=O)[nH]c(N)nc32)[C@@](C)(O)C1O. The van der Waals surface area contributed by atoms with Crippen molar-refractivity contribution in [3.05, 3.63) is 16.7 Å². The smallest absolute Gasteiger partial charge is 0.341 e. The van der Waals surface area contributed by atoms with Crippen molar-refractivity contribution in [3.8, 4) is 0 Å². The summed E-state index contributed by atoms with van der Waals surface area (Å²) in [6.45, 7) is 3.07. The Bertz CT molecular complexity index is 1210. The number of aliphatic hydroxyl groups is 2. The molecule has 17 nitrogen and oxygen atoms in total. The van der Waals surface area contributed by atoms with Crippen LogP contribution in [0.2, 0.25) is 0 Å². The first-order valence-corrected chi connectivity index (χ1v) is 12.9. The Labute approximate surface area is 210 Å². The Morgan fingerprint density at radius 2 is 1.86 bits per heavy atom. The summed E-state index contributed by atoms with van der Waals surface area (Å²) < 4.78 is 35.3. The molecule has 1 unspecified atom stereocenters. The number of hydrogen-bond acceptors (Lipinski definition) is 13. The monoisotopic (exact) mass is 547 g/mol. The average molecular weight is 547 g/mol. The Kier molecular flexibility index (Phi) is 9.01. The molecule has 0 radical (unpaired) electrons. The van der Waals surface area contributed by atoms with Gasteiger partial charge in [0.25, 0.3) is 5.56 Å². The molecule has 0 saturated carbocycles. The van der Waals surface area contributed by atoms with Crippen molar-refractivity contribution >= 4 is 36.7 Å². The molecule has 0 aromatic carbocycles. The van der Waals surface area contributed by atoms with Crippen molar-refractivity contribution in [1.82, 2.24) is 29.7 Å². The summed E-state index contributed by atoms with van der Waals surface area (Å²) in [5, 5.41) is 26.5. The molecule has 0 spiro atoms. The molecule has 0 amide bonds. The first-order valence-electron chi connectivity index (χ1n) is 11.3. The van der Waals surface area contributed by atoms with Gasteiger partial charge in [0, 0.05) is 0 Å². The molecule has 1 aliphatic rings. The van der Waals surface area contributed by atoms with Gasteiger partial charge in [0.05, 0.1) is 26.1 Å². The molecule has 2 aromatic rings. The summed E-state index contributed by atoms with van der Waals surface area (Å²) >= 11 is 0. The third kappa shape index (κ3) is 6.51. The highest BCUT2D eigenvalue weighted by molar-refractivity contribution is 7.54. The van der Waals surface area contributed by atoms with E-state index in [1.54, 1.807) is 13.8 Å². The van der Waals surface area contributed by atoms with Crippen LogP contribution >= 0.6 is 7.67 Å². The van der Waals surface area contributed by atoms with Crippen molar-refractivity contribution in [2.24, 2.45) is 0 Å². The highest BCUT2D eigenvalue weighted by Crippen LogP contribution is 2.42. The quantitative estimate of drug-likeness (QED) is 0.126. The fourth-order valence-electron chi connectivity index (χ4n) is 3.58. The minimum absolute atomic E-state index is 0.00169. The van der Waals surface area contributed by atoms with Crippen molar-refractivity contribution in [1.29, 1.82) is 0 Å². The molecule has 1 aliphatic heterocycles.